The van der Waals surface area contributed by atoms with Gasteiger partial charge in [0, 0.05) is 6.54 Å². The molecule has 9 nitrogen and oxygen atoms in total. The van der Waals surface area contributed by atoms with Gasteiger partial charge >= 0.3 is 7.82 Å². The molecule has 4 atom stereocenters. The van der Waals surface area contributed by atoms with Crippen molar-refractivity contribution in [2.75, 3.05) is 19.8 Å². The van der Waals surface area contributed by atoms with E-state index in [0.717, 1.165) is 19.3 Å². The van der Waals surface area contributed by atoms with Crippen LogP contribution in [0.25, 0.3) is 0 Å². The predicted molar refractivity (Wildman–Crippen MR) is 213 cm³/mol. The molecule has 0 aliphatic carbocycles. The van der Waals surface area contributed by atoms with E-state index >= 15 is 0 Å². The second-order valence-corrected chi connectivity index (χ2v) is 15.1. The minimum Gasteiger partial charge on any atom is -0.389 e. The van der Waals surface area contributed by atoms with Gasteiger partial charge in [0.1, 0.15) is 0 Å². The second kappa shape index (κ2) is 36.8. The lowest BCUT2D eigenvalue weighted by molar-refractivity contribution is -0.124. The van der Waals surface area contributed by atoms with Crippen molar-refractivity contribution in [2.45, 2.75) is 186 Å². The van der Waals surface area contributed by atoms with E-state index in [4.69, 9.17) is 14.8 Å². The van der Waals surface area contributed by atoms with E-state index in [9.17, 15) is 24.5 Å². The number of phosphoric acid groups is 1. The van der Waals surface area contributed by atoms with E-state index in [1.54, 1.807) is 12.2 Å². The maximum atomic E-state index is 12.7. The van der Waals surface area contributed by atoms with Crippen LogP contribution in [0.15, 0.2) is 48.6 Å². The summed E-state index contributed by atoms with van der Waals surface area (Å²) in [7, 11) is -4.42. The fourth-order valence-electron chi connectivity index (χ4n) is 5.60. The Labute approximate surface area is 312 Å². The molecule has 0 fully saturated rings. The number of carbonyl (C=O) groups excluding carboxylic acids is 1. The molecule has 6 N–H and O–H groups in total. The third-order valence-electron chi connectivity index (χ3n) is 8.69. The summed E-state index contributed by atoms with van der Waals surface area (Å²) in [6.07, 6.45) is 40.9. The van der Waals surface area contributed by atoms with Gasteiger partial charge in [0.2, 0.25) is 5.91 Å². The monoisotopic (exact) mass is 741 g/mol. The summed E-state index contributed by atoms with van der Waals surface area (Å²) in [4.78, 5) is 22.6. The van der Waals surface area contributed by atoms with Gasteiger partial charge in [-0.2, -0.15) is 0 Å². The molecule has 4 unspecified atom stereocenters. The van der Waals surface area contributed by atoms with Gasteiger partial charge in [0.25, 0.3) is 0 Å². The standard InChI is InChI=1S/C41H77N2O7P/c1-3-5-7-9-11-13-15-16-17-18-19-20-21-23-25-27-29-31-33-40(45)39(37-50-51(47,48)49-35-34-42)43-41(46)36-38(44)32-30-28-26-24-22-14-12-10-8-6-4-2/h23-26,30-33,38-40,44-45H,3-22,27-29,34-37,42H2,1-2H3,(H,43,46)(H,47,48)/b25-23+,26-24-,32-30-,33-31+. The highest BCUT2D eigenvalue weighted by Gasteiger charge is 2.27. The van der Waals surface area contributed by atoms with E-state index in [-0.39, 0.29) is 19.6 Å². The van der Waals surface area contributed by atoms with E-state index in [1.165, 1.54) is 116 Å². The van der Waals surface area contributed by atoms with Crippen molar-refractivity contribution in [3.8, 4) is 0 Å². The molecule has 0 radical (unpaired) electrons. The first kappa shape index (κ1) is 49.4. The Hall–Kier alpha value is -1.58. The lowest BCUT2D eigenvalue weighted by Crippen LogP contribution is -2.46. The maximum Gasteiger partial charge on any atom is 0.472 e. The molecule has 298 valence electrons. The number of nitrogens with two attached hydrogens (primary N) is 1. The first-order valence-electron chi connectivity index (χ1n) is 20.4. The maximum absolute atomic E-state index is 12.7. The Bertz CT molecular complexity index is 956. The zero-order valence-corrected chi connectivity index (χ0v) is 33.3. The van der Waals surface area contributed by atoms with E-state index in [1.807, 2.05) is 12.2 Å². The summed E-state index contributed by atoms with van der Waals surface area (Å²) >= 11 is 0. The van der Waals surface area contributed by atoms with E-state index in [0.29, 0.717) is 12.8 Å². The van der Waals surface area contributed by atoms with Crippen molar-refractivity contribution in [1.29, 1.82) is 0 Å². The summed E-state index contributed by atoms with van der Waals surface area (Å²) in [5.74, 6) is -0.525. The van der Waals surface area contributed by atoms with Crippen LogP contribution in [0.4, 0.5) is 0 Å². The van der Waals surface area contributed by atoms with Gasteiger partial charge < -0.3 is 26.2 Å². The van der Waals surface area contributed by atoms with Gasteiger partial charge in [-0.25, -0.2) is 4.57 Å². The normalized spacial score (nSPS) is 15.3. The molecule has 0 heterocycles. The molecule has 0 rings (SSSR count). The van der Waals surface area contributed by atoms with Gasteiger partial charge in [-0.1, -0.05) is 165 Å². The van der Waals surface area contributed by atoms with Crippen LogP contribution < -0.4 is 11.1 Å². The lowest BCUT2D eigenvalue weighted by Gasteiger charge is -2.23. The smallest absolute Gasteiger partial charge is 0.389 e. The number of phosphoric ester groups is 1. The summed E-state index contributed by atoms with van der Waals surface area (Å²) in [6, 6.07) is -1.03. The number of hydrogen-bond donors (Lipinski definition) is 5. The Morgan fingerprint density at radius 2 is 1.16 bits per heavy atom. The van der Waals surface area contributed by atoms with Crippen LogP contribution in [0.2, 0.25) is 0 Å². The van der Waals surface area contributed by atoms with Crippen molar-refractivity contribution >= 4 is 13.7 Å². The Morgan fingerprint density at radius 1 is 0.667 bits per heavy atom. The molecule has 0 saturated carbocycles. The third kappa shape index (κ3) is 35.2. The number of unbranched alkanes of at least 4 members (excludes halogenated alkanes) is 19. The highest BCUT2D eigenvalue weighted by Crippen LogP contribution is 2.43. The topological polar surface area (TPSA) is 151 Å². The molecule has 0 aromatic carbocycles. The molecule has 0 spiro atoms. The Balaban J connectivity index is 4.51. The number of carbonyl (C=O) groups is 1. The molecule has 0 aliphatic heterocycles. The molecule has 1 amide bonds. The van der Waals surface area contributed by atoms with Crippen LogP contribution in [0, 0.1) is 0 Å². The molecular formula is C41H77N2O7P. The average Bonchev–Trinajstić information content (AvgIpc) is 3.10. The first-order valence-corrected chi connectivity index (χ1v) is 21.9. The van der Waals surface area contributed by atoms with Gasteiger partial charge in [-0.3, -0.25) is 13.8 Å². The lowest BCUT2D eigenvalue weighted by atomic mass is 10.0. The molecule has 0 aliphatic rings. The number of nitrogens with one attached hydrogen (secondary N) is 1. The predicted octanol–water partition coefficient (Wildman–Crippen LogP) is 9.91. The SMILES string of the molecule is CCCCCCCC/C=C\C/C=C\C(O)CC(=O)NC(COP(=O)(O)OCCN)C(O)/C=C/CC/C=C/CCCCCCCCCCCCCC. The minimum atomic E-state index is -4.42. The molecule has 51 heavy (non-hydrogen) atoms. The van der Waals surface area contributed by atoms with Crippen LogP contribution in [0.5, 0.6) is 0 Å². The second-order valence-electron chi connectivity index (χ2n) is 13.7. The fraction of sp³-hybridized carbons (Fsp3) is 0.780. The average molecular weight is 741 g/mol. The first-order chi connectivity index (χ1) is 24.8. The number of aliphatic hydroxyl groups is 2. The summed E-state index contributed by atoms with van der Waals surface area (Å²) in [6.45, 7) is 3.87. The molecule has 0 aromatic heterocycles. The van der Waals surface area contributed by atoms with Crippen LogP contribution in [-0.2, 0) is 18.4 Å². The van der Waals surface area contributed by atoms with Crippen LogP contribution in [0.1, 0.15) is 168 Å². The minimum absolute atomic E-state index is 0.0353. The summed E-state index contributed by atoms with van der Waals surface area (Å²) in [5, 5.41) is 23.8. The molecule has 0 aromatic rings. The molecule has 0 bridgehead atoms. The zero-order chi connectivity index (χ0) is 37.7. The Kier molecular flexibility index (Phi) is 35.6. The molecule has 10 heteroatoms. The molecule has 0 saturated heterocycles. The van der Waals surface area contributed by atoms with Crippen molar-refractivity contribution in [2.24, 2.45) is 5.73 Å². The number of rotatable bonds is 37. The highest BCUT2D eigenvalue weighted by molar-refractivity contribution is 7.47. The summed E-state index contributed by atoms with van der Waals surface area (Å²) in [5.41, 5.74) is 5.34. The van der Waals surface area contributed by atoms with Crippen LogP contribution in [-0.4, -0.2) is 59.0 Å². The van der Waals surface area contributed by atoms with Gasteiger partial charge in [0.05, 0.1) is 37.9 Å². The van der Waals surface area contributed by atoms with Crippen molar-refractivity contribution in [1.82, 2.24) is 5.32 Å². The van der Waals surface area contributed by atoms with Gasteiger partial charge in [-0.05, 0) is 44.9 Å². The zero-order valence-electron chi connectivity index (χ0n) is 32.4. The molecular weight excluding hydrogens is 663 g/mol. The van der Waals surface area contributed by atoms with Crippen molar-refractivity contribution in [3.05, 3.63) is 48.6 Å². The third-order valence-corrected chi connectivity index (χ3v) is 9.67. The number of allylic oxidation sites excluding steroid dienone is 6. The van der Waals surface area contributed by atoms with E-state index in [2.05, 4.69) is 43.5 Å². The van der Waals surface area contributed by atoms with Crippen molar-refractivity contribution < 1.29 is 33.5 Å². The van der Waals surface area contributed by atoms with Crippen molar-refractivity contribution in [3.63, 3.8) is 0 Å². The number of aliphatic hydroxyl groups excluding tert-OH is 2. The quantitative estimate of drug-likeness (QED) is 0.0240. The van der Waals surface area contributed by atoms with Crippen LogP contribution in [0.3, 0.4) is 0 Å². The summed E-state index contributed by atoms with van der Waals surface area (Å²) < 4.78 is 22.0. The van der Waals surface area contributed by atoms with E-state index < -0.39 is 38.6 Å². The van der Waals surface area contributed by atoms with Gasteiger partial charge in [-0.15, -0.1) is 0 Å². The number of hydrogen-bond acceptors (Lipinski definition) is 7. The largest absolute Gasteiger partial charge is 0.472 e. The fourth-order valence-corrected chi connectivity index (χ4v) is 6.36. The Morgan fingerprint density at radius 3 is 1.71 bits per heavy atom. The van der Waals surface area contributed by atoms with Crippen LogP contribution >= 0.6 is 7.82 Å². The van der Waals surface area contributed by atoms with Gasteiger partial charge in [0.15, 0.2) is 0 Å². The highest BCUT2D eigenvalue weighted by atomic mass is 31.2. The number of amides is 1.